The molecule has 1 nitrogen and oxygen atoms in total. The zero-order valence-corrected chi connectivity index (χ0v) is 12.4. The molecule has 1 aromatic carbocycles. The van der Waals surface area contributed by atoms with Gasteiger partial charge in [0.1, 0.15) is 0 Å². The Bertz CT molecular complexity index is 599. The first-order valence-corrected chi connectivity index (χ1v) is 7.20. The smallest absolute Gasteiger partial charge is 0.194 e. The van der Waals surface area contributed by atoms with Crippen LogP contribution in [-0.4, -0.2) is 6.54 Å². The van der Waals surface area contributed by atoms with Gasteiger partial charge in [-0.25, -0.2) is 13.2 Å². The van der Waals surface area contributed by atoms with Gasteiger partial charge in [0, 0.05) is 9.75 Å². The van der Waals surface area contributed by atoms with E-state index in [0.29, 0.717) is 12.1 Å². The molecule has 108 valence electrons. The van der Waals surface area contributed by atoms with Crippen molar-refractivity contribution >= 4 is 11.3 Å². The maximum Gasteiger partial charge on any atom is 0.194 e. The number of nitrogens with one attached hydrogen (secondary N) is 1. The van der Waals surface area contributed by atoms with Crippen molar-refractivity contribution in [1.82, 2.24) is 5.32 Å². The van der Waals surface area contributed by atoms with Gasteiger partial charge in [0.05, 0.1) is 6.04 Å². The molecule has 1 atom stereocenters. The fourth-order valence-corrected chi connectivity index (χ4v) is 3.25. The fraction of sp³-hybridized carbons (Fsp3) is 0.333. The summed E-state index contributed by atoms with van der Waals surface area (Å²) < 4.78 is 39.9. The highest BCUT2D eigenvalue weighted by atomic mass is 32.1. The monoisotopic (exact) mass is 299 g/mol. The van der Waals surface area contributed by atoms with Gasteiger partial charge in [-0.2, -0.15) is 0 Å². The summed E-state index contributed by atoms with van der Waals surface area (Å²) in [5.41, 5.74) is 1.36. The van der Waals surface area contributed by atoms with Gasteiger partial charge in [-0.1, -0.05) is 6.92 Å². The number of hydrogen-bond donors (Lipinski definition) is 1. The predicted molar refractivity (Wildman–Crippen MR) is 75.6 cm³/mol. The second kappa shape index (κ2) is 5.97. The third kappa shape index (κ3) is 2.88. The van der Waals surface area contributed by atoms with E-state index >= 15 is 0 Å². The van der Waals surface area contributed by atoms with Crippen LogP contribution in [0.5, 0.6) is 0 Å². The molecule has 1 heterocycles. The maximum absolute atomic E-state index is 13.4. The minimum Gasteiger partial charge on any atom is -0.306 e. The highest BCUT2D eigenvalue weighted by molar-refractivity contribution is 7.12. The Kier molecular flexibility index (Phi) is 4.50. The Morgan fingerprint density at radius 1 is 1.10 bits per heavy atom. The largest absolute Gasteiger partial charge is 0.306 e. The lowest BCUT2D eigenvalue weighted by Crippen LogP contribution is -2.22. The molecule has 0 fully saturated rings. The van der Waals surface area contributed by atoms with E-state index in [4.69, 9.17) is 0 Å². The summed E-state index contributed by atoms with van der Waals surface area (Å²) in [7, 11) is 0. The quantitative estimate of drug-likeness (QED) is 0.821. The molecule has 0 radical (unpaired) electrons. The number of hydrogen-bond acceptors (Lipinski definition) is 2. The van der Waals surface area contributed by atoms with E-state index in [1.54, 1.807) is 11.3 Å². The number of thiophene rings is 1. The molecule has 1 aromatic heterocycles. The van der Waals surface area contributed by atoms with Gasteiger partial charge in [0.15, 0.2) is 17.5 Å². The van der Waals surface area contributed by atoms with Crippen LogP contribution in [0.1, 0.15) is 33.8 Å². The second-order valence-electron chi connectivity index (χ2n) is 4.66. The van der Waals surface area contributed by atoms with Crippen LogP contribution in [0, 0.1) is 31.3 Å². The van der Waals surface area contributed by atoms with E-state index in [2.05, 4.69) is 5.32 Å². The van der Waals surface area contributed by atoms with E-state index in [1.165, 1.54) is 0 Å². The molecule has 0 aliphatic heterocycles. The van der Waals surface area contributed by atoms with Crippen LogP contribution in [0.15, 0.2) is 18.2 Å². The molecule has 5 heteroatoms. The molecule has 0 aliphatic carbocycles. The van der Waals surface area contributed by atoms with E-state index in [0.717, 1.165) is 27.5 Å². The topological polar surface area (TPSA) is 12.0 Å². The van der Waals surface area contributed by atoms with Gasteiger partial charge in [-0.3, -0.25) is 0 Å². The summed E-state index contributed by atoms with van der Waals surface area (Å²) in [5.74, 6) is -3.75. The molecule has 1 unspecified atom stereocenters. The van der Waals surface area contributed by atoms with Crippen LogP contribution >= 0.6 is 11.3 Å². The number of benzene rings is 1. The summed E-state index contributed by atoms with van der Waals surface area (Å²) >= 11 is 1.63. The summed E-state index contributed by atoms with van der Waals surface area (Å²) in [6, 6.07) is 3.76. The first-order chi connectivity index (χ1) is 9.43. The molecule has 0 aliphatic rings. The van der Waals surface area contributed by atoms with Gasteiger partial charge in [0.2, 0.25) is 0 Å². The summed E-state index contributed by atoms with van der Waals surface area (Å²) in [4.78, 5) is 2.21. The van der Waals surface area contributed by atoms with E-state index in [-0.39, 0.29) is 6.04 Å². The van der Waals surface area contributed by atoms with Gasteiger partial charge >= 0.3 is 0 Å². The van der Waals surface area contributed by atoms with Crippen molar-refractivity contribution < 1.29 is 13.2 Å². The minimum atomic E-state index is -1.43. The van der Waals surface area contributed by atoms with Crippen molar-refractivity contribution in [1.29, 1.82) is 0 Å². The van der Waals surface area contributed by atoms with Gasteiger partial charge < -0.3 is 5.32 Å². The van der Waals surface area contributed by atoms with Crippen LogP contribution in [0.2, 0.25) is 0 Å². The average Bonchev–Trinajstić information content (AvgIpc) is 2.71. The van der Waals surface area contributed by atoms with Crippen molar-refractivity contribution in [3.8, 4) is 0 Å². The lowest BCUT2D eigenvalue weighted by molar-refractivity contribution is 0.442. The minimum absolute atomic E-state index is 0.338. The van der Waals surface area contributed by atoms with Gasteiger partial charge in [-0.15, -0.1) is 11.3 Å². The molecule has 0 bridgehead atoms. The molecule has 0 saturated heterocycles. The Balaban J connectivity index is 2.51. The first-order valence-electron chi connectivity index (χ1n) is 6.38. The molecule has 0 amide bonds. The van der Waals surface area contributed by atoms with Crippen molar-refractivity contribution in [3.63, 3.8) is 0 Å². The fourth-order valence-electron chi connectivity index (χ4n) is 2.29. The average molecular weight is 299 g/mol. The highest BCUT2D eigenvalue weighted by Crippen LogP contribution is 2.31. The molecule has 0 spiro atoms. The second-order valence-corrected chi connectivity index (χ2v) is 6.12. The van der Waals surface area contributed by atoms with Crippen LogP contribution in [0.3, 0.4) is 0 Å². The van der Waals surface area contributed by atoms with Crippen LogP contribution < -0.4 is 5.32 Å². The van der Waals surface area contributed by atoms with Crippen molar-refractivity contribution in [3.05, 3.63) is 56.5 Å². The third-order valence-electron chi connectivity index (χ3n) is 3.14. The lowest BCUT2D eigenvalue weighted by atomic mass is 9.98. The molecule has 0 saturated carbocycles. The highest BCUT2D eigenvalue weighted by Gasteiger charge is 2.20. The maximum atomic E-state index is 13.4. The Morgan fingerprint density at radius 2 is 1.70 bits per heavy atom. The third-order valence-corrected chi connectivity index (χ3v) is 4.12. The standard InChI is InChI=1S/C15H16F3NS/c1-4-19-15(11-5-8(2)20-9(11)3)10-6-12(16)14(18)13(17)7-10/h5-7,15,19H,4H2,1-3H3. The van der Waals surface area contributed by atoms with Crippen LogP contribution in [0.4, 0.5) is 13.2 Å². The zero-order valence-electron chi connectivity index (χ0n) is 11.6. The Labute approximate surface area is 120 Å². The molecule has 2 aromatic rings. The number of halogens is 3. The molecule has 2 rings (SSSR count). The molecule has 20 heavy (non-hydrogen) atoms. The predicted octanol–water partition coefficient (Wildman–Crippen LogP) is 4.48. The summed E-state index contributed by atoms with van der Waals surface area (Å²) in [6.07, 6.45) is 0. The van der Waals surface area contributed by atoms with Gasteiger partial charge in [0.25, 0.3) is 0 Å². The first kappa shape index (κ1) is 15.1. The molecular weight excluding hydrogens is 283 g/mol. The van der Waals surface area contributed by atoms with Crippen LogP contribution in [-0.2, 0) is 0 Å². The summed E-state index contributed by atoms with van der Waals surface area (Å²) in [5, 5.41) is 3.19. The van der Waals surface area contributed by atoms with Crippen LogP contribution in [0.25, 0.3) is 0 Å². The molecular formula is C15H16F3NS. The van der Waals surface area contributed by atoms with Crippen molar-refractivity contribution in [2.45, 2.75) is 26.8 Å². The zero-order chi connectivity index (χ0) is 14.9. The number of aryl methyl sites for hydroxylation is 2. The Morgan fingerprint density at radius 3 is 2.15 bits per heavy atom. The molecule has 1 N–H and O–H groups in total. The van der Waals surface area contributed by atoms with Gasteiger partial charge in [-0.05, 0) is 49.7 Å². The number of rotatable bonds is 4. The normalized spacial score (nSPS) is 12.7. The summed E-state index contributed by atoms with van der Waals surface area (Å²) in [6.45, 7) is 6.50. The SMILES string of the molecule is CCNC(c1cc(F)c(F)c(F)c1)c1cc(C)sc1C. The Hall–Kier alpha value is -1.33. The van der Waals surface area contributed by atoms with E-state index < -0.39 is 17.5 Å². The van der Waals surface area contributed by atoms with E-state index in [9.17, 15) is 13.2 Å². The van der Waals surface area contributed by atoms with E-state index in [1.807, 2.05) is 26.8 Å². The lowest BCUT2D eigenvalue weighted by Gasteiger charge is -2.19. The van der Waals surface area contributed by atoms with Crippen molar-refractivity contribution in [2.75, 3.05) is 6.54 Å². The van der Waals surface area contributed by atoms with Crippen molar-refractivity contribution in [2.24, 2.45) is 0 Å².